The molecule has 2 rings (SSSR count). The Labute approximate surface area is 162 Å². The van der Waals surface area contributed by atoms with Gasteiger partial charge in [0, 0.05) is 0 Å². The first-order chi connectivity index (χ1) is 12.8. The van der Waals surface area contributed by atoms with Crippen LogP contribution in [0.15, 0.2) is 42.5 Å². The predicted octanol–water partition coefficient (Wildman–Crippen LogP) is 4.95. The lowest BCUT2D eigenvalue weighted by Gasteiger charge is -2.23. The number of aryl methyl sites for hydroxylation is 1. The zero-order valence-electron chi connectivity index (χ0n) is 17.3. The number of methoxy groups -OCH3 is 1. The monoisotopic (exact) mass is 369 g/mol. The second kappa shape index (κ2) is 8.94. The minimum absolute atomic E-state index is 0.00126. The summed E-state index contributed by atoms with van der Waals surface area (Å²) in [5.41, 5.74) is 3.17. The number of para-hydroxylation sites is 1. The molecule has 0 saturated heterocycles. The summed E-state index contributed by atoms with van der Waals surface area (Å²) in [6, 6.07) is 13.8. The average molecular weight is 370 g/mol. The molecule has 2 aromatic carbocycles. The normalized spacial score (nSPS) is 12.4. The van der Waals surface area contributed by atoms with Crippen molar-refractivity contribution in [3.05, 3.63) is 59.2 Å². The van der Waals surface area contributed by atoms with Gasteiger partial charge in [0.25, 0.3) is 5.91 Å². The molecule has 0 aromatic heterocycles. The molecule has 27 heavy (non-hydrogen) atoms. The third-order valence-electron chi connectivity index (χ3n) is 4.62. The van der Waals surface area contributed by atoms with Crippen molar-refractivity contribution in [2.75, 3.05) is 13.7 Å². The van der Waals surface area contributed by atoms with Gasteiger partial charge in [-0.1, -0.05) is 58.0 Å². The number of nitrogens with one attached hydrogen (secondary N) is 1. The van der Waals surface area contributed by atoms with Crippen molar-refractivity contribution in [3.8, 4) is 11.5 Å². The predicted molar refractivity (Wildman–Crippen MR) is 110 cm³/mol. The summed E-state index contributed by atoms with van der Waals surface area (Å²) in [6.07, 6.45) is 0.802. The fourth-order valence-electron chi connectivity index (χ4n) is 3.13. The molecule has 4 heteroatoms. The Kier molecular flexibility index (Phi) is 6.89. The minimum Gasteiger partial charge on any atom is -0.496 e. The Morgan fingerprint density at radius 2 is 1.81 bits per heavy atom. The van der Waals surface area contributed by atoms with Gasteiger partial charge < -0.3 is 14.8 Å². The van der Waals surface area contributed by atoms with Gasteiger partial charge in [-0.05, 0) is 47.6 Å². The van der Waals surface area contributed by atoms with Crippen LogP contribution in [-0.4, -0.2) is 19.6 Å². The van der Waals surface area contributed by atoms with Gasteiger partial charge in [-0.25, -0.2) is 0 Å². The van der Waals surface area contributed by atoms with Gasteiger partial charge in [0.2, 0.25) is 0 Å². The summed E-state index contributed by atoms with van der Waals surface area (Å²) in [7, 11) is 1.66. The number of rotatable bonds is 7. The molecule has 0 spiro atoms. The Morgan fingerprint density at radius 1 is 1.11 bits per heavy atom. The maximum atomic E-state index is 12.5. The number of hydrogen-bond donors (Lipinski definition) is 1. The van der Waals surface area contributed by atoms with Crippen molar-refractivity contribution in [2.24, 2.45) is 0 Å². The van der Waals surface area contributed by atoms with Gasteiger partial charge in [-0.3, -0.25) is 4.79 Å². The third-order valence-corrected chi connectivity index (χ3v) is 4.62. The first-order valence-corrected chi connectivity index (χ1v) is 9.42. The number of amides is 1. The summed E-state index contributed by atoms with van der Waals surface area (Å²) < 4.78 is 11.1. The highest BCUT2D eigenvalue weighted by atomic mass is 16.5. The van der Waals surface area contributed by atoms with Gasteiger partial charge in [0.15, 0.2) is 6.61 Å². The molecule has 1 amide bonds. The summed E-state index contributed by atoms with van der Waals surface area (Å²) in [6.45, 7) is 10.5. The van der Waals surface area contributed by atoms with E-state index in [2.05, 4.69) is 39.1 Å². The molecule has 0 aliphatic carbocycles. The zero-order chi connectivity index (χ0) is 20.0. The number of ether oxygens (including phenoxy) is 2. The second-order valence-corrected chi connectivity index (χ2v) is 7.79. The van der Waals surface area contributed by atoms with E-state index in [0.29, 0.717) is 0 Å². The van der Waals surface area contributed by atoms with Crippen LogP contribution in [-0.2, 0) is 10.2 Å². The highest BCUT2D eigenvalue weighted by Crippen LogP contribution is 2.31. The van der Waals surface area contributed by atoms with Crippen molar-refractivity contribution in [1.29, 1.82) is 0 Å². The summed E-state index contributed by atoms with van der Waals surface area (Å²) in [5.74, 6) is 1.48. The van der Waals surface area contributed by atoms with Crippen LogP contribution in [0.2, 0.25) is 0 Å². The molecule has 0 saturated carbocycles. The van der Waals surface area contributed by atoms with Crippen molar-refractivity contribution in [2.45, 2.75) is 52.5 Å². The first kappa shape index (κ1) is 20.8. The Bertz CT molecular complexity index is 777. The molecule has 0 radical (unpaired) electrons. The maximum absolute atomic E-state index is 12.5. The van der Waals surface area contributed by atoms with Crippen molar-refractivity contribution >= 4 is 5.91 Å². The van der Waals surface area contributed by atoms with Crippen molar-refractivity contribution in [1.82, 2.24) is 5.32 Å². The topological polar surface area (TPSA) is 47.6 Å². The fraction of sp³-hybridized carbons (Fsp3) is 0.435. The number of carbonyl (C=O) groups excluding carboxylic acids is 1. The van der Waals surface area contributed by atoms with Gasteiger partial charge in [0.1, 0.15) is 11.5 Å². The molecule has 1 N–H and O–H groups in total. The van der Waals surface area contributed by atoms with Crippen LogP contribution in [0.4, 0.5) is 0 Å². The second-order valence-electron chi connectivity index (χ2n) is 7.79. The molecule has 1 atom stereocenters. The Balaban J connectivity index is 2.03. The molecule has 4 nitrogen and oxygen atoms in total. The van der Waals surface area contributed by atoms with Crippen molar-refractivity contribution < 1.29 is 14.3 Å². The van der Waals surface area contributed by atoms with E-state index in [9.17, 15) is 4.79 Å². The molecule has 2 aromatic rings. The average Bonchev–Trinajstić information content (AvgIpc) is 2.63. The standard InChI is InChI=1S/C23H31NO3/c1-7-19(17-12-13-20(26-6)16(2)14-17)24-22(25)15-27-21-11-9-8-10-18(21)23(3,4)5/h8-14,19H,7,15H2,1-6H3,(H,24,25)/t19-/m0/s1. The lowest BCUT2D eigenvalue weighted by Crippen LogP contribution is -2.32. The van der Waals surface area contributed by atoms with Gasteiger partial charge in [-0.2, -0.15) is 0 Å². The number of carbonyl (C=O) groups is 1. The van der Waals surface area contributed by atoms with Gasteiger partial charge in [-0.15, -0.1) is 0 Å². The van der Waals surface area contributed by atoms with Crippen LogP contribution in [0.5, 0.6) is 11.5 Å². The quantitative estimate of drug-likeness (QED) is 0.751. The van der Waals surface area contributed by atoms with Crippen molar-refractivity contribution in [3.63, 3.8) is 0 Å². The lowest BCUT2D eigenvalue weighted by atomic mass is 9.86. The van der Waals surface area contributed by atoms with E-state index in [1.807, 2.05) is 43.3 Å². The molecule has 0 aliphatic heterocycles. The van der Waals surface area contributed by atoms with E-state index in [0.717, 1.165) is 34.6 Å². The molecule has 0 fully saturated rings. The van der Waals surface area contributed by atoms with Crippen LogP contribution in [0.3, 0.4) is 0 Å². The number of hydrogen-bond acceptors (Lipinski definition) is 3. The lowest BCUT2D eigenvalue weighted by molar-refractivity contribution is -0.123. The summed E-state index contributed by atoms with van der Waals surface area (Å²) in [5, 5.41) is 3.07. The van der Waals surface area contributed by atoms with Crippen LogP contribution in [0.25, 0.3) is 0 Å². The molecule has 0 bridgehead atoms. The molecular formula is C23H31NO3. The fourth-order valence-corrected chi connectivity index (χ4v) is 3.13. The van der Waals surface area contributed by atoms with Crippen LogP contribution in [0, 0.1) is 6.92 Å². The SMILES string of the molecule is CC[C@H](NC(=O)COc1ccccc1C(C)(C)C)c1ccc(OC)c(C)c1. The van der Waals surface area contributed by atoms with E-state index in [1.165, 1.54) is 0 Å². The molecule has 0 heterocycles. The van der Waals surface area contributed by atoms with Crippen LogP contribution < -0.4 is 14.8 Å². The molecule has 0 unspecified atom stereocenters. The minimum atomic E-state index is -0.126. The number of benzene rings is 2. The summed E-state index contributed by atoms with van der Waals surface area (Å²) >= 11 is 0. The van der Waals surface area contributed by atoms with E-state index >= 15 is 0 Å². The van der Waals surface area contributed by atoms with E-state index in [1.54, 1.807) is 7.11 Å². The van der Waals surface area contributed by atoms with Gasteiger partial charge >= 0.3 is 0 Å². The Morgan fingerprint density at radius 3 is 2.41 bits per heavy atom. The first-order valence-electron chi connectivity index (χ1n) is 9.42. The highest BCUT2D eigenvalue weighted by molar-refractivity contribution is 5.78. The molecule has 146 valence electrons. The zero-order valence-corrected chi connectivity index (χ0v) is 17.3. The maximum Gasteiger partial charge on any atom is 0.258 e. The van der Waals surface area contributed by atoms with E-state index in [4.69, 9.17) is 9.47 Å². The van der Waals surface area contributed by atoms with Crippen LogP contribution in [0.1, 0.15) is 56.8 Å². The smallest absolute Gasteiger partial charge is 0.258 e. The van der Waals surface area contributed by atoms with E-state index < -0.39 is 0 Å². The van der Waals surface area contributed by atoms with Gasteiger partial charge in [0.05, 0.1) is 13.2 Å². The largest absolute Gasteiger partial charge is 0.496 e. The molecule has 0 aliphatic rings. The summed E-state index contributed by atoms with van der Waals surface area (Å²) in [4.78, 5) is 12.5. The Hall–Kier alpha value is -2.49. The highest BCUT2D eigenvalue weighted by Gasteiger charge is 2.19. The third kappa shape index (κ3) is 5.49. The van der Waals surface area contributed by atoms with Crippen LogP contribution >= 0.6 is 0 Å². The van der Waals surface area contributed by atoms with E-state index in [-0.39, 0.29) is 24.0 Å². The molecular weight excluding hydrogens is 338 g/mol.